The van der Waals surface area contributed by atoms with E-state index in [1.54, 1.807) is 0 Å². The molecular weight excluding hydrogens is 266 g/mol. The maximum Gasteiger partial charge on any atom is 0.323 e. The van der Waals surface area contributed by atoms with E-state index in [0.29, 0.717) is 0 Å². The van der Waals surface area contributed by atoms with Crippen molar-refractivity contribution in [2.24, 2.45) is 0 Å². The number of benzene rings is 1. The highest BCUT2D eigenvalue weighted by molar-refractivity contribution is 5.92. The lowest BCUT2D eigenvalue weighted by Crippen LogP contribution is -2.40. The van der Waals surface area contributed by atoms with Gasteiger partial charge in [0.05, 0.1) is 4.92 Å². The molecule has 0 bridgehead atoms. The number of anilines is 1. The first-order valence-corrected chi connectivity index (χ1v) is 6.01. The van der Waals surface area contributed by atoms with Gasteiger partial charge in [0.2, 0.25) is 0 Å². The summed E-state index contributed by atoms with van der Waals surface area (Å²) in [5, 5.41) is 21.9. The van der Waals surface area contributed by atoms with E-state index in [1.165, 1.54) is 29.2 Å². The van der Waals surface area contributed by atoms with E-state index < -0.39 is 16.9 Å². The van der Waals surface area contributed by atoms with E-state index >= 15 is 0 Å². The molecule has 20 heavy (non-hydrogen) atoms. The molecular formula is C12H13N3O5. The summed E-state index contributed by atoms with van der Waals surface area (Å²) in [7, 11) is 0. The third-order valence-electron chi connectivity index (χ3n) is 2.86. The molecule has 0 radical (unpaired) electrons. The number of nitro benzene ring substituents is 1. The number of hydrogen-bond donors (Lipinski definition) is 2. The van der Waals surface area contributed by atoms with Crippen molar-refractivity contribution in [1.82, 2.24) is 4.90 Å². The highest BCUT2D eigenvalue weighted by atomic mass is 16.6. The zero-order valence-corrected chi connectivity index (χ0v) is 10.5. The Balaban J connectivity index is 2.07. The second-order valence-corrected chi connectivity index (χ2v) is 4.49. The maximum absolute atomic E-state index is 12.0. The molecule has 0 spiro atoms. The molecule has 2 rings (SSSR count). The molecule has 106 valence electrons. The van der Waals surface area contributed by atoms with E-state index in [2.05, 4.69) is 5.32 Å². The standard InChI is InChI=1S/C12H13N3O5/c16-11(17)7-14(9-4-5-9)12(18)13-8-2-1-3-10(6-8)15(19)20/h1-3,6,9H,4-5,7H2,(H,13,18)(H,16,17). The van der Waals surface area contributed by atoms with Crippen molar-refractivity contribution in [1.29, 1.82) is 0 Å². The largest absolute Gasteiger partial charge is 0.480 e. The molecule has 8 nitrogen and oxygen atoms in total. The molecule has 1 saturated carbocycles. The highest BCUT2D eigenvalue weighted by Crippen LogP contribution is 2.27. The number of carboxylic acid groups (broad SMARTS) is 1. The fraction of sp³-hybridized carbons (Fsp3) is 0.333. The summed E-state index contributed by atoms with van der Waals surface area (Å²) in [5.41, 5.74) is 0.124. The highest BCUT2D eigenvalue weighted by Gasteiger charge is 2.34. The number of hydrogen-bond acceptors (Lipinski definition) is 4. The van der Waals surface area contributed by atoms with Gasteiger partial charge >= 0.3 is 12.0 Å². The van der Waals surface area contributed by atoms with E-state index in [-0.39, 0.29) is 24.0 Å². The van der Waals surface area contributed by atoms with Gasteiger partial charge in [-0.1, -0.05) is 6.07 Å². The molecule has 8 heteroatoms. The quantitative estimate of drug-likeness (QED) is 0.628. The molecule has 1 aliphatic rings. The van der Waals surface area contributed by atoms with Crippen LogP contribution in [0.3, 0.4) is 0 Å². The van der Waals surface area contributed by atoms with Crippen molar-refractivity contribution < 1.29 is 19.6 Å². The normalized spacial score (nSPS) is 13.6. The molecule has 0 saturated heterocycles. The predicted molar refractivity (Wildman–Crippen MR) is 69.5 cm³/mol. The van der Waals surface area contributed by atoms with Crippen molar-refractivity contribution in [3.05, 3.63) is 34.4 Å². The van der Waals surface area contributed by atoms with Gasteiger partial charge in [-0.3, -0.25) is 14.9 Å². The number of nitrogens with zero attached hydrogens (tertiary/aromatic N) is 2. The van der Waals surface area contributed by atoms with Crippen molar-refractivity contribution in [2.45, 2.75) is 18.9 Å². The Morgan fingerprint density at radius 1 is 1.45 bits per heavy atom. The lowest BCUT2D eigenvalue weighted by atomic mass is 10.3. The summed E-state index contributed by atoms with van der Waals surface area (Å²) in [6, 6.07) is 4.87. The van der Waals surface area contributed by atoms with Gasteiger partial charge in [0.15, 0.2) is 0 Å². The number of amides is 2. The summed E-state index contributed by atoms with van der Waals surface area (Å²) in [4.78, 5) is 34.0. The Morgan fingerprint density at radius 2 is 2.15 bits per heavy atom. The SMILES string of the molecule is O=C(O)CN(C(=O)Nc1cccc([N+](=O)[O-])c1)C1CC1. The molecule has 1 aromatic rings. The summed E-state index contributed by atoms with van der Waals surface area (Å²) >= 11 is 0. The molecule has 1 aromatic carbocycles. The van der Waals surface area contributed by atoms with Crippen molar-refractivity contribution >= 4 is 23.4 Å². The van der Waals surface area contributed by atoms with Gasteiger partial charge < -0.3 is 15.3 Å². The molecule has 0 aromatic heterocycles. The summed E-state index contributed by atoms with van der Waals surface area (Å²) < 4.78 is 0. The average Bonchev–Trinajstić information content (AvgIpc) is 3.20. The minimum absolute atomic E-state index is 0.0650. The van der Waals surface area contributed by atoms with Crippen LogP contribution in [0.2, 0.25) is 0 Å². The molecule has 2 amide bonds. The number of nitro groups is 1. The van der Waals surface area contributed by atoms with Crippen LogP contribution in [0.1, 0.15) is 12.8 Å². The molecule has 0 aliphatic heterocycles. The number of nitrogens with one attached hydrogen (secondary N) is 1. The minimum Gasteiger partial charge on any atom is -0.480 e. The Labute approximate surface area is 114 Å². The molecule has 1 fully saturated rings. The van der Waals surface area contributed by atoms with Crippen LogP contribution in [0.15, 0.2) is 24.3 Å². The molecule has 0 heterocycles. The fourth-order valence-corrected chi connectivity index (χ4v) is 1.79. The van der Waals surface area contributed by atoms with Gasteiger partial charge in [0, 0.05) is 23.9 Å². The number of urea groups is 1. The molecule has 0 unspecified atom stereocenters. The van der Waals surface area contributed by atoms with Crippen LogP contribution in [-0.4, -0.2) is 39.5 Å². The molecule has 0 atom stereocenters. The van der Waals surface area contributed by atoms with Crippen molar-refractivity contribution in [3.8, 4) is 0 Å². The Hall–Kier alpha value is -2.64. The zero-order chi connectivity index (χ0) is 14.7. The minimum atomic E-state index is -1.09. The van der Waals surface area contributed by atoms with E-state index in [1.807, 2.05) is 0 Å². The van der Waals surface area contributed by atoms with Gasteiger partial charge in [0.1, 0.15) is 6.54 Å². The first-order chi connectivity index (χ1) is 9.47. The number of non-ortho nitro benzene ring substituents is 1. The second-order valence-electron chi connectivity index (χ2n) is 4.49. The third-order valence-corrected chi connectivity index (χ3v) is 2.86. The van der Waals surface area contributed by atoms with Crippen LogP contribution in [0.25, 0.3) is 0 Å². The van der Waals surface area contributed by atoms with Crippen LogP contribution < -0.4 is 5.32 Å². The summed E-state index contributed by atoms with van der Waals surface area (Å²) in [6.07, 6.45) is 1.55. The van der Waals surface area contributed by atoms with Gasteiger partial charge in [-0.25, -0.2) is 4.79 Å². The topological polar surface area (TPSA) is 113 Å². The maximum atomic E-state index is 12.0. The Kier molecular flexibility index (Phi) is 3.83. The number of rotatable bonds is 5. The summed E-state index contributed by atoms with van der Waals surface area (Å²) in [6.45, 7) is -0.384. The monoisotopic (exact) mass is 279 g/mol. The lowest BCUT2D eigenvalue weighted by molar-refractivity contribution is -0.384. The second kappa shape index (κ2) is 5.55. The van der Waals surface area contributed by atoms with E-state index in [4.69, 9.17) is 5.11 Å². The third kappa shape index (κ3) is 3.44. The Morgan fingerprint density at radius 3 is 2.70 bits per heavy atom. The first kappa shape index (κ1) is 13.8. The number of carboxylic acids is 1. The fourth-order valence-electron chi connectivity index (χ4n) is 1.79. The smallest absolute Gasteiger partial charge is 0.323 e. The predicted octanol–water partition coefficient (Wildman–Crippen LogP) is 1.68. The van der Waals surface area contributed by atoms with Gasteiger partial charge in [0.25, 0.3) is 5.69 Å². The van der Waals surface area contributed by atoms with Gasteiger partial charge in [-0.15, -0.1) is 0 Å². The number of carbonyl (C=O) groups excluding carboxylic acids is 1. The summed E-state index contributed by atoms with van der Waals surface area (Å²) in [5.74, 6) is -1.09. The number of carbonyl (C=O) groups is 2. The average molecular weight is 279 g/mol. The molecule has 1 aliphatic carbocycles. The van der Waals surface area contributed by atoms with Crippen LogP contribution >= 0.6 is 0 Å². The van der Waals surface area contributed by atoms with Crippen LogP contribution in [-0.2, 0) is 4.79 Å². The number of aliphatic carboxylic acids is 1. The van der Waals surface area contributed by atoms with Gasteiger partial charge in [-0.2, -0.15) is 0 Å². The van der Waals surface area contributed by atoms with Crippen molar-refractivity contribution in [3.63, 3.8) is 0 Å². The lowest BCUT2D eigenvalue weighted by Gasteiger charge is -2.20. The Bertz CT molecular complexity index is 556. The van der Waals surface area contributed by atoms with Crippen LogP contribution in [0, 0.1) is 10.1 Å². The van der Waals surface area contributed by atoms with E-state index in [0.717, 1.165) is 12.8 Å². The van der Waals surface area contributed by atoms with Crippen LogP contribution in [0.4, 0.5) is 16.2 Å². The van der Waals surface area contributed by atoms with Gasteiger partial charge in [-0.05, 0) is 18.9 Å². The first-order valence-electron chi connectivity index (χ1n) is 6.01. The zero-order valence-electron chi connectivity index (χ0n) is 10.5. The van der Waals surface area contributed by atoms with E-state index in [9.17, 15) is 19.7 Å². The molecule has 2 N–H and O–H groups in total. The van der Waals surface area contributed by atoms with Crippen LogP contribution in [0.5, 0.6) is 0 Å². The van der Waals surface area contributed by atoms with Crippen molar-refractivity contribution in [2.75, 3.05) is 11.9 Å².